The molecule has 0 saturated carbocycles. The molecule has 110 valence electrons. The molecular formula is C14H18ClNO3S. The monoisotopic (exact) mass is 315 g/mol. The van der Waals surface area contributed by atoms with Gasteiger partial charge in [0.05, 0.1) is 26.4 Å². The van der Waals surface area contributed by atoms with E-state index in [1.165, 1.54) is 18.9 Å². The van der Waals surface area contributed by atoms with Crippen LogP contribution < -0.4 is 14.2 Å². The molecule has 0 amide bonds. The second-order valence-electron chi connectivity index (χ2n) is 4.18. The van der Waals surface area contributed by atoms with Crippen molar-refractivity contribution in [1.29, 1.82) is 5.26 Å². The molecule has 1 aromatic rings. The van der Waals surface area contributed by atoms with Gasteiger partial charge in [-0.1, -0.05) is 18.5 Å². The van der Waals surface area contributed by atoms with Gasteiger partial charge in [0, 0.05) is 11.3 Å². The lowest BCUT2D eigenvalue weighted by Gasteiger charge is -2.20. The number of nitrogens with zero attached hydrogens (tertiary/aromatic N) is 1. The number of thiocyanates is 1. The third-order valence-electron chi connectivity index (χ3n) is 3.03. The summed E-state index contributed by atoms with van der Waals surface area (Å²) in [6.07, 6.45) is 0.848. The van der Waals surface area contributed by atoms with Crippen LogP contribution in [0.1, 0.15) is 24.8 Å². The van der Waals surface area contributed by atoms with E-state index < -0.39 is 0 Å². The second kappa shape index (κ2) is 8.13. The predicted octanol–water partition coefficient (Wildman–Crippen LogP) is 4.07. The molecule has 0 fully saturated rings. The zero-order chi connectivity index (χ0) is 15.1. The van der Waals surface area contributed by atoms with Crippen molar-refractivity contribution in [3.8, 4) is 22.6 Å². The molecule has 1 atom stereocenters. The Balaban J connectivity index is 3.19. The molecule has 4 nitrogen and oxygen atoms in total. The van der Waals surface area contributed by atoms with E-state index in [9.17, 15) is 0 Å². The van der Waals surface area contributed by atoms with Crippen LogP contribution in [0.2, 0.25) is 5.02 Å². The molecule has 0 aliphatic heterocycles. The Morgan fingerprint density at radius 3 is 2.30 bits per heavy atom. The Morgan fingerprint density at radius 1 is 1.20 bits per heavy atom. The molecule has 0 saturated heterocycles. The maximum Gasteiger partial charge on any atom is 0.205 e. The Kier molecular flexibility index (Phi) is 6.83. The van der Waals surface area contributed by atoms with Crippen LogP contribution in [0, 0.1) is 10.7 Å². The quantitative estimate of drug-likeness (QED) is 0.560. The highest BCUT2D eigenvalue weighted by atomic mass is 35.5. The third-order valence-corrected chi connectivity index (χ3v) is 3.88. The van der Waals surface area contributed by atoms with Crippen LogP contribution >= 0.6 is 23.4 Å². The zero-order valence-electron chi connectivity index (χ0n) is 12.0. The number of rotatable bonds is 7. The van der Waals surface area contributed by atoms with Gasteiger partial charge in [-0.15, -0.1) is 0 Å². The van der Waals surface area contributed by atoms with Crippen LogP contribution in [0.5, 0.6) is 17.2 Å². The molecule has 1 rings (SSSR count). The van der Waals surface area contributed by atoms with Gasteiger partial charge in [0.25, 0.3) is 0 Å². The summed E-state index contributed by atoms with van der Waals surface area (Å²) < 4.78 is 16.1. The van der Waals surface area contributed by atoms with E-state index in [-0.39, 0.29) is 5.92 Å². The smallest absolute Gasteiger partial charge is 0.205 e. The Morgan fingerprint density at radius 2 is 1.80 bits per heavy atom. The normalized spacial score (nSPS) is 11.6. The number of ether oxygens (including phenoxy) is 3. The lowest BCUT2D eigenvalue weighted by Crippen LogP contribution is -2.03. The van der Waals surface area contributed by atoms with Crippen molar-refractivity contribution in [3.63, 3.8) is 0 Å². The van der Waals surface area contributed by atoms with Gasteiger partial charge in [0.15, 0.2) is 11.5 Å². The first-order valence-electron chi connectivity index (χ1n) is 6.09. The summed E-state index contributed by atoms with van der Waals surface area (Å²) in [7, 11) is 4.68. The molecule has 1 unspecified atom stereocenters. The highest BCUT2D eigenvalue weighted by Crippen LogP contribution is 2.47. The maximum absolute atomic E-state index is 8.58. The van der Waals surface area contributed by atoms with Crippen LogP contribution in [-0.4, -0.2) is 27.1 Å². The average Bonchev–Trinajstić information content (AvgIpc) is 2.45. The fourth-order valence-electron chi connectivity index (χ4n) is 2.00. The zero-order valence-corrected chi connectivity index (χ0v) is 13.6. The topological polar surface area (TPSA) is 51.5 Å². The van der Waals surface area contributed by atoms with Gasteiger partial charge in [-0.3, -0.25) is 0 Å². The van der Waals surface area contributed by atoms with Gasteiger partial charge in [0.2, 0.25) is 5.75 Å². The van der Waals surface area contributed by atoms with E-state index in [4.69, 9.17) is 31.1 Å². The number of hydrogen-bond donors (Lipinski definition) is 0. The predicted molar refractivity (Wildman–Crippen MR) is 82.2 cm³/mol. The van der Waals surface area contributed by atoms with Crippen LogP contribution in [0.4, 0.5) is 0 Å². The lowest BCUT2D eigenvalue weighted by molar-refractivity contribution is 0.321. The number of halogens is 1. The van der Waals surface area contributed by atoms with Gasteiger partial charge in [-0.05, 0) is 30.2 Å². The molecule has 0 aromatic heterocycles. The van der Waals surface area contributed by atoms with E-state index in [1.54, 1.807) is 14.2 Å². The van der Waals surface area contributed by atoms with E-state index in [0.29, 0.717) is 22.3 Å². The van der Waals surface area contributed by atoms with Crippen LogP contribution in [0.15, 0.2) is 6.07 Å². The van der Waals surface area contributed by atoms with Crippen molar-refractivity contribution in [3.05, 3.63) is 16.7 Å². The summed E-state index contributed by atoms with van der Waals surface area (Å²) in [5.41, 5.74) is 0.952. The molecule has 1 aromatic carbocycles. The first kappa shape index (κ1) is 16.8. The van der Waals surface area contributed by atoms with Crippen molar-refractivity contribution in [2.75, 3.05) is 27.1 Å². The van der Waals surface area contributed by atoms with E-state index in [1.807, 2.05) is 6.07 Å². The van der Waals surface area contributed by atoms with E-state index >= 15 is 0 Å². The SMILES string of the molecule is COc1c(Cl)cc(C(C)CCSC#N)c(OC)c1OC. The van der Waals surface area contributed by atoms with Crippen LogP contribution in [-0.2, 0) is 0 Å². The van der Waals surface area contributed by atoms with Gasteiger partial charge in [-0.2, -0.15) is 5.26 Å². The van der Waals surface area contributed by atoms with Gasteiger partial charge < -0.3 is 14.2 Å². The summed E-state index contributed by atoms with van der Waals surface area (Å²) in [5.74, 6) is 2.55. The molecular weight excluding hydrogens is 298 g/mol. The molecule has 20 heavy (non-hydrogen) atoms. The number of thioether (sulfide) groups is 1. The van der Waals surface area contributed by atoms with E-state index in [0.717, 1.165) is 17.7 Å². The molecule has 0 heterocycles. The largest absolute Gasteiger partial charge is 0.492 e. The van der Waals surface area contributed by atoms with Crippen molar-refractivity contribution in [1.82, 2.24) is 0 Å². The molecule has 0 aliphatic carbocycles. The number of benzene rings is 1. The first-order valence-corrected chi connectivity index (χ1v) is 7.46. The molecule has 0 aliphatic rings. The fraction of sp³-hybridized carbons (Fsp3) is 0.500. The minimum atomic E-state index is 0.197. The summed E-state index contributed by atoms with van der Waals surface area (Å²) in [6, 6.07) is 1.84. The van der Waals surface area contributed by atoms with E-state index in [2.05, 4.69) is 12.3 Å². The second-order valence-corrected chi connectivity index (χ2v) is 5.46. The van der Waals surface area contributed by atoms with Crippen LogP contribution in [0.3, 0.4) is 0 Å². The molecule has 0 spiro atoms. The number of nitriles is 1. The van der Waals surface area contributed by atoms with Crippen molar-refractivity contribution >= 4 is 23.4 Å². The highest BCUT2D eigenvalue weighted by molar-refractivity contribution is 8.03. The Bertz CT molecular complexity index is 502. The van der Waals surface area contributed by atoms with Gasteiger partial charge in [-0.25, -0.2) is 0 Å². The maximum atomic E-state index is 8.58. The van der Waals surface area contributed by atoms with Gasteiger partial charge >= 0.3 is 0 Å². The summed E-state index contributed by atoms with van der Waals surface area (Å²) >= 11 is 7.47. The summed E-state index contributed by atoms with van der Waals surface area (Å²) in [6.45, 7) is 2.07. The fourth-order valence-corrected chi connectivity index (χ4v) is 2.84. The molecule has 0 bridgehead atoms. The summed E-state index contributed by atoms with van der Waals surface area (Å²) in [5, 5.41) is 11.1. The molecule has 0 radical (unpaired) electrons. The first-order chi connectivity index (χ1) is 9.60. The van der Waals surface area contributed by atoms with Crippen LogP contribution in [0.25, 0.3) is 0 Å². The third kappa shape index (κ3) is 3.65. The number of hydrogen-bond acceptors (Lipinski definition) is 5. The molecule has 6 heteroatoms. The summed E-state index contributed by atoms with van der Waals surface area (Å²) in [4.78, 5) is 0. The van der Waals surface area contributed by atoms with Crippen molar-refractivity contribution in [2.45, 2.75) is 19.3 Å². The molecule has 0 N–H and O–H groups in total. The number of methoxy groups -OCH3 is 3. The minimum Gasteiger partial charge on any atom is -0.492 e. The van der Waals surface area contributed by atoms with Crippen molar-refractivity contribution < 1.29 is 14.2 Å². The highest BCUT2D eigenvalue weighted by Gasteiger charge is 2.22. The van der Waals surface area contributed by atoms with Crippen molar-refractivity contribution in [2.24, 2.45) is 0 Å². The Hall–Kier alpha value is -1.25. The standard InChI is InChI=1S/C14H18ClNO3S/c1-9(5-6-20-8-16)10-7-11(15)13(18-3)14(19-4)12(10)17-2/h7,9H,5-6H2,1-4H3. The van der Waals surface area contributed by atoms with Gasteiger partial charge in [0.1, 0.15) is 5.40 Å². The average molecular weight is 316 g/mol. The Labute approximate surface area is 129 Å². The minimum absolute atomic E-state index is 0.197. The lowest BCUT2D eigenvalue weighted by atomic mass is 9.97.